The number of aromatic hydroxyl groups is 1. The van der Waals surface area contributed by atoms with E-state index in [0.717, 1.165) is 3.39 Å². The van der Waals surface area contributed by atoms with Crippen LogP contribution >= 0.6 is 31.9 Å². The van der Waals surface area contributed by atoms with Crippen molar-refractivity contribution in [2.24, 2.45) is 17.3 Å². The summed E-state index contributed by atoms with van der Waals surface area (Å²) in [6, 6.07) is 15.5. The highest BCUT2D eigenvalue weighted by Crippen LogP contribution is 2.60. The molecule has 7 heteroatoms. The van der Waals surface area contributed by atoms with E-state index in [9.17, 15) is 15.2 Å². The van der Waals surface area contributed by atoms with Gasteiger partial charge in [-0.1, -0.05) is 38.1 Å². The number of carbonyl (C=O) groups excluding carboxylic acids is 1. The molecule has 0 amide bonds. The number of hydrogen-bond donors (Lipinski definition) is 1. The van der Waals surface area contributed by atoms with Crippen molar-refractivity contribution in [1.82, 2.24) is 0 Å². The number of ether oxygens (including phenoxy) is 2. The van der Waals surface area contributed by atoms with Crippen molar-refractivity contribution in [1.29, 1.82) is 5.26 Å². The van der Waals surface area contributed by atoms with Gasteiger partial charge >= 0.3 is 5.97 Å². The number of para-hydroxylation sites is 1. The zero-order valence-corrected chi connectivity index (χ0v) is 19.0. The van der Waals surface area contributed by atoms with Crippen molar-refractivity contribution in [2.75, 3.05) is 0 Å². The first-order valence-electron chi connectivity index (χ1n) is 8.92. The van der Waals surface area contributed by atoms with Crippen LogP contribution in [0.15, 0.2) is 58.0 Å². The number of hydrogen-bond acceptors (Lipinski definition) is 5. The van der Waals surface area contributed by atoms with E-state index in [0.29, 0.717) is 17.1 Å². The molecule has 29 heavy (non-hydrogen) atoms. The number of rotatable bonds is 6. The van der Waals surface area contributed by atoms with E-state index in [1.54, 1.807) is 18.2 Å². The van der Waals surface area contributed by atoms with Gasteiger partial charge in [0.1, 0.15) is 23.3 Å². The first-order valence-corrected chi connectivity index (χ1v) is 10.5. The average Bonchev–Trinajstić information content (AvgIpc) is 3.19. The zero-order valence-electron chi connectivity index (χ0n) is 15.8. The van der Waals surface area contributed by atoms with Crippen LogP contribution < -0.4 is 4.74 Å². The third-order valence-electron chi connectivity index (χ3n) is 5.02. The average molecular weight is 521 g/mol. The number of carbonyl (C=O) groups is 1. The molecule has 150 valence electrons. The van der Waals surface area contributed by atoms with Crippen LogP contribution in [0.25, 0.3) is 0 Å². The first kappa shape index (κ1) is 21.4. The smallest absolute Gasteiger partial charge is 0.311 e. The van der Waals surface area contributed by atoms with E-state index < -0.39 is 12.1 Å². The molecule has 1 aliphatic rings. The normalized spacial score (nSPS) is 20.1. The highest BCUT2D eigenvalue weighted by atomic mass is 79.9. The molecule has 1 fully saturated rings. The molecule has 1 saturated carbocycles. The monoisotopic (exact) mass is 519 g/mol. The molecule has 0 radical (unpaired) electrons. The minimum atomic E-state index is -1.15. The highest BCUT2D eigenvalue weighted by Gasteiger charge is 2.61. The summed E-state index contributed by atoms with van der Waals surface area (Å²) >= 11 is 6.64. The molecule has 0 spiro atoms. The van der Waals surface area contributed by atoms with Gasteiger partial charge in [-0.05, 0) is 67.5 Å². The number of phenolic OH excluding ortho intramolecular Hbond substituents is 1. The van der Waals surface area contributed by atoms with Gasteiger partial charge in [0.25, 0.3) is 0 Å². The van der Waals surface area contributed by atoms with Gasteiger partial charge in [0.2, 0.25) is 6.10 Å². The van der Waals surface area contributed by atoms with Gasteiger partial charge in [-0.15, -0.1) is 0 Å². The molecule has 1 aliphatic carbocycles. The summed E-state index contributed by atoms with van der Waals surface area (Å²) < 4.78 is 12.0. The summed E-state index contributed by atoms with van der Waals surface area (Å²) in [5, 5.41) is 19.6. The molecule has 0 unspecified atom stereocenters. The number of halogens is 2. The van der Waals surface area contributed by atoms with E-state index in [-0.39, 0.29) is 23.0 Å². The standard InChI is InChI=1S/C22H19Br2NO4/c1-22(2)17(11-19(23)24)20(22)21(27)29-18(12-25)13-8-14(26)10-16(9-13)28-15-6-4-3-5-7-15/h3-11,17-18,20,26H,1-2H3/t17-,18+,20-/m0/s1. The Morgan fingerprint density at radius 2 is 1.90 bits per heavy atom. The predicted molar refractivity (Wildman–Crippen MR) is 116 cm³/mol. The van der Waals surface area contributed by atoms with E-state index in [4.69, 9.17) is 9.47 Å². The second-order valence-corrected chi connectivity index (χ2v) is 10.2. The van der Waals surface area contributed by atoms with E-state index >= 15 is 0 Å². The van der Waals surface area contributed by atoms with Crippen LogP contribution in [0.2, 0.25) is 0 Å². The number of phenols is 1. The van der Waals surface area contributed by atoms with Crippen molar-refractivity contribution in [3.05, 3.63) is 63.6 Å². The Balaban J connectivity index is 1.77. The van der Waals surface area contributed by atoms with Gasteiger partial charge in [-0.25, -0.2) is 0 Å². The van der Waals surface area contributed by atoms with Crippen molar-refractivity contribution in [2.45, 2.75) is 20.0 Å². The number of allylic oxidation sites excluding steroid dienone is 1. The van der Waals surface area contributed by atoms with Crippen molar-refractivity contribution < 1.29 is 19.4 Å². The molecule has 0 heterocycles. The Kier molecular flexibility index (Phi) is 6.35. The van der Waals surface area contributed by atoms with Gasteiger partial charge in [0, 0.05) is 11.6 Å². The molecule has 0 aromatic heterocycles. The predicted octanol–water partition coefficient (Wildman–Crippen LogP) is 6.20. The molecule has 2 aromatic rings. The summed E-state index contributed by atoms with van der Waals surface area (Å²) in [7, 11) is 0. The molecule has 3 rings (SSSR count). The van der Waals surface area contributed by atoms with Gasteiger partial charge < -0.3 is 14.6 Å². The van der Waals surface area contributed by atoms with Crippen LogP contribution in [0.3, 0.4) is 0 Å². The quantitative estimate of drug-likeness (QED) is 0.459. The number of nitriles is 1. The Morgan fingerprint density at radius 3 is 2.52 bits per heavy atom. The molecule has 5 nitrogen and oxygen atoms in total. The summed E-state index contributed by atoms with van der Waals surface area (Å²) in [5.41, 5.74) is 0.0867. The molecular formula is C22H19Br2NO4. The van der Waals surface area contributed by atoms with Crippen molar-refractivity contribution >= 4 is 37.8 Å². The summed E-state index contributed by atoms with van der Waals surface area (Å²) in [4.78, 5) is 12.7. The van der Waals surface area contributed by atoms with Crippen LogP contribution in [-0.2, 0) is 9.53 Å². The maximum atomic E-state index is 12.7. The lowest BCUT2D eigenvalue weighted by molar-refractivity contribution is -0.149. The van der Waals surface area contributed by atoms with Gasteiger partial charge in [0.15, 0.2) is 0 Å². The second-order valence-electron chi connectivity index (χ2n) is 7.40. The third kappa shape index (κ3) is 5.01. The fourth-order valence-corrected chi connectivity index (χ4v) is 3.94. The molecule has 3 atom stereocenters. The third-order valence-corrected chi connectivity index (χ3v) is 5.55. The van der Waals surface area contributed by atoms with Crippen LogP contribution in [0.5, 0.6) is 17.2 Å². The SMILES string of the molecule is CC1(C)[C@H](C(=O)O[C@H](C#N)c2cc(O)cc(Oc3ccccc3)c2)[C@@H]1C=C(Br)Br. The lowest BCUT2D eigenvalue weighted by Crippen LogP contribution is -2.14. The van der Waals surface area contributed by atoms with Gasteiger partial charge in [-0.2, -0.15) is 5.26 Å². The van der Waals surface area contributed by atoms with Crippen molar-refractivity contribution in [3.8, 4) is 23.3 Å². The van der Waals surface area contributed by atoms with Crippen LogP contribution in [-0.4, -0.2) is 11.1 Å². The molecule has 2 aromatic carbocycles. The van der Waals surface area contributed by atoms with Crippen LogP contribution in [0.4, 0.5) is 0 Å². The number of esters is 1. The number of benzene rings is 2. The van der Waals surface area contributed by atoms with Crippen LogP contribution in [0.1, 0.15) is 25.5 Å². The fourth-order valence-electron chi connectivity index (χ4n) is 3.37. The fraction of sp³-hybridized carbons (Fsp3) is 0.273. The van der Waals surface area contributed by atoms with E-state index in [1.165, 1.54) is 12.1 Å². The topological polar surface area (TPSA) is 79.6 Å². The number of nitrogens with zero attached hydrogens (tertiary/aromatic N) is 1. The molecule has 0 aliphatic heterocycles. The zero-order chi connectivity index (χ0) is 21.2. The van der Waals surface area contributed by atoms with E-state index in [2.05, 4.69) is 31.9 Å². The summed E-state index contributed by atoms with van der Waals surface area (Å²) in [6.45, 7) is 3.95. The molecular weight excluding hydrogens is 502 g/mol. The maximum absolute atomic E-state index is 12.7. The summed E-state index contributed by atoms with van der Waals surface area (Å²) in [6.07, 6.45) is 0.758. The minimum Gasteiger partial charge on any atom is -0.508 e. The van der Waals surface area contributed by atoms with Gasteiger partial charge in [0.05, 0.1) is 9.31 Å². The Bertz CT molecular complexity index is 978. The lowest BCUT2D eigenvalue weighted by Gasteiger charge is -2.14. The Morgan fingerprint density at radius 1 is 1.21 bits per heavy atom. The maximum Gasteiger partial charge on any atom is 0.311 e. The van der Waals surface area contributed by atoms with Gasteiger partial charge in [-0.3, -0.25) is 4.79 Å². The second kappa shape index (κ2) is 8.60. The van der Waals surface area contributed by atoms with Crippen LogP contribution in [0, 0.1) is 28.6 Å². The molecule has 0 bridgehead atoms. The first-order chi connectivity index (χ1) is 13.7. The highest BCUT2D eigenvalue weighted by molar-refractivity contribution is 9.28. The minimum absolute atomic E-state index is 0.00393. The largest absolute Gasteiger partial charge is 0.508 e. The van der Waals surface area contributed by atoms with E-state index in [1.807, 2.05) is 44.2 Å². The Labute approximate surface area is 186 Å². The molecule has 0 saturated heterocycles. The van der Waals surface area contributed by atoms with Crippen molar-refractivity contribution in [3.63, 3.8) is 0 Å². The Hall–Kier alpha value is -2.30. The summed E-state index contributed by atoms with van der Waals surface area (Å²) in [5.74, 6) is 0.0611. The molecule has 1 N–H and O–H groups in total. The lowest BCUT2D eigenvalue weighted by atomic mass is 10.1.